The number of rotatable bonds is 4. The molecule has 8 heteroatoms. The van der Waals surface area contributed by atoms with Crippen LogP contribution in [0.4, 0.5) is 0 Å². The molecule has 1 saturated heterocycles. The summed E-state index contributed by atoms with van der Waals surface area (Å²) in [5.74, 6) is 1.33. The Labute approximate surface area is 219 Å². The normalized spacial score (nSPS) is 17.6. The minimum absolute atomic E-state index is 0. The Morgan fingerprint density at radius 2 is 1.69 bits per heavy atom. The topological polar surface area (TPSA) is 87.5 Å². The van der Waals surface area contributed by atoms with Crippen molar-refractivity contribution in [2.24, 2.45) is 0 Å². The Kier molecular flexibility index (Phi) is 10.5. The van der Waals surface area contributed by atoms with Gasteiger partial charge in [0.05, 0.1) is 12.1 Å². The summed E-state index contributed by atoms with van der Waals surface area (Å²) >= 11 is 0. The molecule has 1 aliphatic rings. The number of aryl methyl sites for hydroxylation is 1. The standard InChI is InChI=1S/C28H34N4O3.ClH/c1-21-24(31-28(35-21)23-13-6-3-7-14-23)20-27(34)32-17-9-8-15-30-26(33)19-25(29-16-10-18-32)22-11-4-2-5-12-22;/h2-7,11-14,25,29H,8-10,15-20H2,1H3,(H,30,33);1H. The van der Waals surface area contributed by atoms with Gasteiger partial charge in [0.15, 0.2) is 0 Å². The van der Waals surface area contributed by atoms with Crippen LogP contribution in [0.1, 0.15) is 48.7 Å². The lowest BCUT2D eigenvalue weighted by atomic mass is 10.0. The first-order valence-electron chi connectivity index (χ1n) is 12.4. The van der Waals surface area contributed by atoms with Crippen LogP contribution in [0.5, 0.6) is 0 Å². The highest BCUT2D eigenvalue weighted by Gasteiger charge is 2.20. The molecule has 0 spiro atoms. The number of nitrogens with one attached hydrogen (secondary N) is 2. The first-order chi connectivity index (χ1) is 17.1. The van der Waals surface area contributed by atoms with E-state index in [-0.39, 0.29) is 36.7 Å². The molecule has 192 valence electrons. The van der Waals surface area contributed by atoms with Gasteiger partial charge in [0.25, 0.3) is 0 Å². The van der Waals surface area contributed by atoms with Crippen LogP contribution in [-0.4, -0.2) is 47.9 Å². The molecule has 1 fully saturated rings. The van der Waals surface area contributed by atoms with Crippen molar-refractivity contribution in [3.63, 3.8) is 0 Å². The van der Waals surface area contributed by atoms with Crippen molar-refractivity contribution in [1.82, 2.24) is 20.5 Å². The molecule has 1 atom stereocenters. The van der Waals surface area contributed by atoms with Crippen LogP contribution in [-0.2, 0) is 16.0 Å². The molecule has 0 aliphatic carbocycles. The van der Waals surface area contributed by atoms with Gasteiger partial charge in [0.1, 0.15) is 5.76 Å². The van der Waals surface area contributed by atoms with Crippen molar-refractivity contribution >= 4 is 24.2 Å². The fourth-order valence-electron chi connectivity index (χ4n) is 4.36. The number of carbonyl (C=O) groups is 2. The number of nitrogens with zero attached hydrogens (tertiary/aromatic N) is 2. The van der Waals surface area contributed by atoms with Crippen LogP contribution < -0.4 is 10.6 Å². The highest BCUT2D eigenvalue weighted by Crippen LogP contribution is 2.22. The lowest BCUT2D eigenvalue weighted by Gasteiger charge is -2.23. The summed E-state index contributed by atoms with van der Waals surface area (Å²) in [5, 5.41) is 6.54. The molecular formula is C28H35ClN4O3. The molecule has 7 nitrogen and oxygen atoms in total. The zero-order valence-electron chi connectivity index (χ0n) is 20.7. The first kappa shape index (κ1) is 27.4. The fourth-order valence-corrected chi connectivity index (χ4v) is 4.36. The van der Waals surface area contributed by atoms with Crippen molar-refractivity contribution in [2.45, 2.75) is 45.1 Å². The molecule has 4 rings (SSSR count). The van der Waals surface area contributed by atoms with Gasteiger partial charge in [-0.3, -0.25) is 9.59 Å². The van der Waals surface area contributed by atoms with Crippen LogP contribution in [0, 0.1) is 6.92 Å². The number of carbonyl (C=O) groups excluding carboxylic acids is 2. The van der Waals surface area contributed by atoms with Gasteiger partial charge in [0, 0.05) is 37.7 Å². The van der Waals surface area contributed by atoms with E-state index in [9.17, 15) is 9.59 Å². The molecule has 36 heavy (non-hydrogen) atoms. The van der Waals surface area contributed by atoms with E-state index in [0.717, 1.165) is 36.9 Å². The third-order valence-electron chi connectivity index (χ3n) is 6.35. The monoisotopic (exact) mass is 510 g/mol. The Bertz CT molecular complexity index is 1100. The van der Waals surface area contributed by atoms with Crippen LogP contribution in [0.3, 0.4) is 0 Å². The molecule has 2 heterocycles. The summed E-state index contributed by atoms with van der Waals surface area (Å²) in [4.78, 5) is 32.2. The maximum atomic E-state index is 13.2. The predicted octanol–water partition coefficient (Wildman–Crippen LogP) is 4.46. The second-order valence-electron chi connectivity index (χ2n) is 8.98. The zero-order valence-corrected chi connectivity index (χ0v) is 21.6. The second-order valence-corrected chi connectivity index (χ2v) is 8.98. The average Bonchev–Trinajstić information content (AvgIpc) is 3.25. The van der Waals surface area contributed by atoms with Crippen molar-refractivity contribution in [1.29, 1.82) is 0 Å². The zero-order chi connectivity index (χ0) is 24.5. The largest absolute Gasteiger partial charge is 0.441 e. The molecule has 0 saturated carbocycles. The number of halogens is 1. The molecule has 1 unspecified atom stereocenters. The van der Waals surface area contributed by atoms with Gasteiger partial charge in [-0.15, -0.1) is 12.4 Å². The van der Waals surface area contributed by atoms with Gasteiger partial charge >= 0.3 is 0 Å². The quantitative estimate of drug-likeness (QED) is 0.541. The summed E-state index contributed by atoms with van der Waals surface area (Å²) in [7, 11) is 0. The Morgan fingerprint density at radius 3 is 2.44 bits per heavy atom. The maximum absolute atomic E-state index is 13.2. The number of aromatic nitrogens is 1. The van der Waals surface area contributed by atoms with Crippen molar-refractivity contribution in [3.05, 3.63) is 77.7 Å². The van der Waals surface area contributed by atoms with E-state index in [1.165, 1.54) is 0 Å². The van der Waals surface area contributed by atoms with E-state index in [1.54, 1.807) is 0 Å². The first-order valence-corrected chi connectivity index (χ1v) is 12.4. The van der Waals surface area contributed by atoms with Crippen LogP contribution in [0.15, 0.2) is 65.1 Å². The molecule has 3 aromatic rings. The van der Waals surface area contributed by atoms with E-state index in [0.29, 0.717) is 43.4 Å². The number of amides is 2. The highest BCUT2D eigenvalue weighted by atomic mass is 35.5. The fraction of sp³-hybridized carbons (Fsp3) is 0.393. The Morgan fingerprint density at radius 1 is 1.00 bits per heavy atom. The Hall–Kier alpha value is -3.16. The summed E-state index contributed by atoms with van der Waals surface area (Å²) in [6.07, 6.45) is 3.11. The van der Waals surface area contributed by atoms with Gasteiger partial charge in [-0.05, 0) is 50.4 Å². The minimum atomic E-state index is -0.0460. The lowest BCUT2D eigenvalue weighted by Crippen LogP contribution is -2.36. The number of benzene rings is 2. The van der Waals surface area contributed by atoms with Gasteiger partial charge in [0.2, 0.25) is 17.7 Å². The molecule has 1 aliphatic heterocycles. The lowest BCUT2D eigenvalue weighted by molar-refractivity contribution is -0.130. The van der Waals surface area contributed by atoms with Crippen LogP contribution >= 0.6 is 12.4 Å². The van der Waals surface area contributed by atoms with Gasteiger partial charge in [-0.1, -0.05) is 48.5 Å². The maximum Gasteiger partial charge on any atom is 0.228 e. The van der Waals surface area contributed by atoms with E-state index < -0.39 is 0 Å². The van der Waals surface area contributed by atoms with Crippen molar-refractivity contribution in [2.75, 3.05) is 26.2 Å². The summed E-state index contributed by atoms with van der Waals surface area (Å²) < 4.78 is 5.85. The predicted molar refractivity (Wildman–Crippen MR) is 143 cm³/mol. The Balaban J connectivity index is 0.00000361. The van der Waals surface area contributed by atoms with Crippen molar-refractivity contribution < 1.29 is 14.0 Å². The van der Waals surface area contributed by atoms with Gasteiger partial charge < -0.3 is 20.0 Å². The summed E-state index contributed by atoms with van der Waals surface area (Å²) in [6, 6.07) is 19.7. The third-order valence-corrected chi connectivity index (χ3v) is 6.35. The van der Waals surface area contributed by atoms with E-state index in [1.807, 2.05) is 72.5 Å². The summed E-state index contributed by atoms with van der Waals surface area (Å²) in [6.45, 7) is 4.53. The number of hydrogen-bond donors (Lipinski definition) is 2. The minimum Gasteiger partial charge on any atom is -0.441 e. The molecule has 0 bridgehead atoms. The van der Waals surface area contributed by atoms with E-state index in [2.05, 4.69) is 15.6 Å². The smallest absolute Gasteiger partial charge is 0.228 e. The van der Waals surface area contributed by atoms with Crippen LogP contribution in [0.2, 0.25) is 0 Å². The van der Waals surface area contributed by atoms with Gasteiger partial charge in [-0.2, -0.15) is 0 Å². The average molecular weight is 511 g/mol. The molecule has 0 radical (unpaired) electrons. The molecule has 1 aromatic heterocycles. The third kappa shape index (κ3) is 7.67. The van der Waals surface area contributed by atoms with Gasteiger partial charge in [-0.25, -0.2) is 4.98 Å². The molecule has 2 N–H and O–H groups in total. The molecule has 2 amide bonds. The second kappa shape index (κ2) is 13.8. The van der Waals surface area contributed by atoms with Crippen molar-refractivity contribution in [3.8, 4) is 11.5 Å². The molecular weight excluding hydrogens is 476 g/mol. The van der Waals surface area contributed by atoms with E-state index in [4.69, 9.17) is 4.42 Å². The summed E-state index contributed by atoms with van der Waals surface area (Å²) in [5.41, 5.74) is 2.69. The van der Waals surface area contributed by atoms with Crippen LogP contribution in [0.25, 0.3) is 11.5 Å². The molecule has 2 aromatic carbocycles. The number of hydrogen-bond acceptors (Lipinski definition) is 5. The SMILES string of the molecule is Cc1oc(-c2ccccc2)nc1CC(=O)N1CCCCNC(=O)CC(c2ccccc2)NCCC1.Cl. The highest BCUT2D eigenvalue weighted by molar-refractivity contribution is 5.85. The number of oxazole rings is 1. The van der Waals surface area contributed by atoms with E-state index >= 15 is 0 Å².